The number of alkyl carbamates (subject to hydrolysis) is 1. The van der Waals surface area contributed by atoms with Crippen LogP contribution in [0.1, 0.15) is 31.1 Å². The van der Waals surface area contributed by atoms with Gasteiger partial charge in [-0.25, -0.2) is 14.5 Å². The number of nitrogens with zero attached hydrogens (tertiary/aromatic N) is 1. The van der Waals surface area contributed by atoms with Crippen molar-refractivity contribution in [3.63, 3.8) is 0 Å². The van der Waals surface area contributed by atoms with Crippen LogP contribution in [0, 0.1) is 5.92 Å². The molecule has 0 unspecified atom stereocenters. The standard InChI is InChI=1S/C22H24N2O5/c1-15(13-23-21(26)28-14-17-9-5-3-6-10-17)20(25)24-16(2)19(29-22(24)27)18-11-7-4-8-12-18/h3-12,15-16,19H,13-14H2,1-2H3,(H,23,26)/t15-,16+,19+/m1/s1. The summed E-state index contributed by atoms with van der Waals surface area (Å²) in [7, 11) is 0. The molecule has 0 saturated carbocycles. The highest BCUT2D eigenvalue weighted by Gasteiger charge is 2.44. The summed E-state index contributed by atoms with van der Waals surface area (Å²) in [5.74, 6) is -1.01. The van der Waals surface area contributed by atoms with Gasteiger partial charge in [-0.15, -0.1) is 0 Å². The highest BCUT2D eigenvalue weighted by molar-refractivity contribution is 5.95. The monoisotopic (exact) mass is 396 g/mol. The number of imide groups is 1. The molecule has 1 aliphatic rings. The third-order valence-corrected chi connectivity index (χ3v) is 4.82. The van der Waals surface area contributed by atoms with E-state index in [1.807, 2.05) is 60.7 Å². The van der Waals surface area contributed by atoms with Crippen molar-refractivity contribution in [2.45, 2.75) is 32.6 Å². The molecular weight excluding hydrogens is 372 g/mol. The lowest BCUT2D eigenvalue weighted by atomic mass is 10.0. The number of benzene rings is 2. The molecule has 7 nitrogen and oxygen atoms in total. The molecule has 0 aliphatic carbocycles. The van der Waals surface area contributed by atoms with E-state index < -0.39 is 36.2 Å². The third kappa shape index (κ3) is 4.93. The Balaban J connectivity index is 1.51. The minimum Gasteiger partial charge on any atom is -0.445 e. The van der Waals surface area contributed by atoms with Gasteiger partial charge in [-0.3, -0.25) is 4.79 Å². The molecule has 0 aromatic heterocycles. The Kier molecular flexibility index (Phi) is 6.49. The second-order valence-corrected chi connectivity index (χ2v) is 7.01. The van der Waals surface area contributed by atoms with Gasteiger partial charge in [0.25, 0.3) is 0 Å². The van der Waals surface area contributed by atoms with Crippen LogP contribution < -0.4 is 5.32 Å². The molecule has 0 radical (unpaired) electrons. The van der Waals surface area contributed by atoms with Crippen LogP contribution in [-0.2, 0) is 20.9 Å². The fourth-order valence-electron chi connectivity index (χ4n) is 3.18. The van der Waals surface area contributed by atoms with E-state index in [9.17, 15) is 14.4 Å². The fourth-order valence-corrected chi connectivity index (χ4v) is 3.18. The third-order valence-electron chi connectivity index (χ3n) is 4.82. The van der Waals surface area contributed by atoms with Gasteiger partial charge in [0.15, 0.2) is 0 Å². The van der Waals surface area contributed by atoms with Crippen LogP contribution in [0.5, 0.6) is 0 Å². The normalized spacial score (nSPS) is 19.4. The summed E-state index contributed by atoms with van der Waals surface area (Å²) in [5, 5.41) is 2.57. The number of hydrogen-bond acceptors (Lipinski definition) is 5. The summed E-state index contributed by atoms with van der Waals surface area (Å²) >= 11 is 0. The number of ether oxygens (including phenoxy) is 2. The highest BCUT2D eigenvalue weighted by Crippen LogP contribution is 2.33. The van der Waals surface area contributed by atoms with Crippen LogP contribution in [0.15, 0.2) is 60.7 Å². The first-order valence-corrected chi connectivity index (χ1v) is 9.50. The molecule has 2 aromatic rings. The van der Waals surface area contributed by atoms with E-state index >= 15 is 0 Å². The number of rotatable bonds is 6. The van der Waals surface area contributed by atoms with Crippen molar-refractivity contribution in [2.24, 2.45) is 5.92 Å². The molecule has 3 atom stereocenters. The zero-order chi connectivity index (χ0) is 20.8. The Bertz CT molecular complexity index is 856. The van der Waals surface area contributed by atoms with Crippen LogP contribution in [-0.4, -0.2) is 35.6 Å². The summed E-state index contributed by atoms with van der Waals surface area (Å²) in [4.78, 5) is 38.1. The topological polar surface area (TPSA) is 84.9 Å². The van der Waals surface area contributed by atoms with E-state index in [-0.39, 0.29) is 13.2 Å². The average molecular weight is 396 g/mol. The van der Waals surface area contributed by atoms with Gasteiger partial charge in [0.05, 0.1) is 12.0 Å². The molecule has 3 amide bonds. The maximum atomic E-state index is 12.8. The van der Waals surface area contributed by atoms with Gasteiger partial charge >= 0.3 is 12.2 Å². The number of nitrogens with one attached hydrogen (secondary N) is 1. The molecular formula is C22H24N2O5. The lowest BCUT2D eigenvalue weighted by molar-refractivity contribution is -0.132. The van der Waals surface area contributed by atoms with Crippen molar-refractivity contribution in [1.29, 1.82) is 0 Å². The largest absolute Gasteiger partial charge is 0.445 e. The smallest absolute Gasteiger partial charge is 0.417 e. The van der Waals surface area contributed by atoms with E-state index in [1.54, 1.807) is 13.8 Å². The zero-order valence-electron chi connectivity index (χ0n) is 16.4. The molecule has 1 saturated heterocycles. The number of amides is 3. The van der Waals surface area contributed by atoms with Crippen LogP contribution in [0.3, 0.4) is 0 Å². The van der Waals surface area contributed by atoms with E-state index in [2.05, 4.69) is 5.32 Å². The molecule has 2 aromatic carbocycles. The highest BCUT2D eigenvalue weighted by atomic mass is 16.6. The maximum absolute atomic E-state index is 12.8. The number of carbonyl (C=O) groups excluding carboxylic acids is 3. The lowest BCUT2D eigenvalue weighted by Crippen LogP contribution is -2.44. The Morgan fingerprint density at radius 2 is 1.72 bits per heavy atom. The molecule has 29 heavy (non-hydrogen) atoms. The summed E-state index contributed by atoms with van der Waals surface area (Å²) < 4.78 is 10.5. The lowest BCUT2D eigenvalue weighted by Gasteiger charge is -2.22. The predicted octanol–water partition coefficient (Wildman–Crippen LogP) is 3.66. The minimum atomic E-state index is -0.671. The molecule has 1 N–H and O–H groups in total. The molecule has 0 bridgehead atoms. The van der Waals surface area contributed by atoms with Gasteiger partial charge in [0.2, 0.25) is 5.91 Å². The summed E-state index contributed by atoms with van der Waals surface area (Å²) in [5.41, 5.74) is 1.70. The quantitative estimate of drug-likeness (QED) is 0.806. The Morgan fingerprint density at radius 3 is 2.38 bits per heavy atom. The first-order chi connectivity index (χ1) is 14.0. The SMILES string of the molecule is C[C@H](CNC(=O)OCc1ccccc1)C(=O)N1C(=O)O[C@H](c2ccccc2)[C@@H]1C. The van der Waals surface area contributed by atoms with Gasteiger partial charge in [-0.1, -0.05) is 67.6 Å². The van der Waals surface area contributed by atoms with Crippen LogP contribution >= 0.6 is 0 Å². The predicted molar refractivity (Wildman–Crippen MR) is 106 cm³/mol. The first kappa shape index (κ1) is 20.4. The Morgan fingerprint density at radius 1 is 1.10 bits per heavy atom. The molecule has 1 heterocycles. The van der Waals surface area contributed by atoms with Gasteiger partial charge in [-0.2, -0.15) is 0 Å². The zero-order valence-corrected chi connectivity index (χ0v) is 16.4. The summed E-state index contributed by atoms with van der Waals surface area (Å²) in [6, 6.07) is 18.2. The number of carbonyl (C=O) groups is 3. The molecule has 1 fully saturated rings. The van der Waals surface area contributed by atoms with Crippen molar-refractivity contribution >= 4 is 18.1 Å². The summed E-state index contributed by atoms with van der Waals surface area (Å²) in [6.45, 7) is 3.62. The molecule has 3 rings (SSSR count). The second kappa shape index (κ2) is 9.23. The van der Waals surface area contributed by atoms with E-state index in [1.165, 1.54) is 0 Å². The molecule has 0 spiro atoms. The number of hydrogen-bond donors (Lipinski definition) is 1. The van der Waals surface area contributed by atoms with Gasteiger partial charge in [0.1, 0.15) is 12.7 Å². The molecule has 7 heteroatoms. The van der Waals surface area contributed by atoms with Crippen molar-refractivity contribution < 1.29 is 23.9 Å². The van der Waals surface area contributed by atoms with Crippen molar-refractivity contribution in [1.82, 2.24) is 10.2 Å². The summed E-state index contributed by atoms with van der Waals surface area (Å²) in [6.07, 6.45) is -1.80. The Labute approximate surface area is 169 Å². The second-order valence-electron chi connectivity index (χ2n) is 7.01. The van der Waals surface area contributed by atoms with E-state index in [0.717, 1.165) is 16.0 Å². The van der Waals surface area contributed by atoms with Crippen LogP contribution in [0.4, 0.5) is 9.59 Å². The van der Waals surface area contributed by atoms with Gasteiger partial charge in [0, 0.05) is 6.54 Å². The maximum Gasteiger partial charge on any atom is 0.417 e. The van der Waals surface area contributed by atoms with Crippen molar-refractivity contribution in [3.05, 3.63) is 71.8 Å². The minimum absolute atomic E-state index is 0.0545. The van der Waals surface area contributed by atoms with Gasteiger partial charge in [-0.05, 0) is 18.1 Å². The first-order valence-electron chi connectivity index (χ1n) is 9.50. The van der Waals surface area contributed by atoms with E-state index in [0.29, 0.717) is 0 Å². The van der Waals surface area contributed by atoms with Crippen LogP contribution in [0.2, 0.25) is 0 Å². The number of cyclic esters (lactones) is 1. The van der Waals surface area contributed by atoms with Crippen molar-refractivity contribution in [3.8, 4) is 0 Å². The molecule has 1 aliphatic heterocycles. The van der Waals surface area contributed by atoms with Crippen LogP contribution in [0.25, 0.3) is 0 Å². The fraction of sp³-hybridized carbons (Fsp3) is 0.318. The average Bonchev–Trinajstić information content (AvgIpc) is 3.05. The van der Waals surface area contributed by atoms with Gasteiger partial charge < -0.3 is 14.8 Å². The molecule has 152 valence electrons. The Hall–Kier alpha value is -3.35. The van der Waals surface area contributed by atoms with E-state index in [4.69, 9.17) is 9.47 Å². The van der Waals surface area contributed by atoms with Crippen molar-refractivity contribution in [2.75, 3.05) is 6.54 Å².